The summed E-state index contributed by atoms with van der Waals surface area (Å²) in [5.41, 5.74) is 0.866. The molecule has 112 valence electrons. The molecule has 1 aromatic heterocycles. The van der Waals surface area contributed by atoms with Crippen molar-refractivity contribution in [2.45, 2.75) is 13.5 Å². The summed E-state index contributed by atoms with van der Waals surface area (Å²) >= 11 is 0. The summed E-state index contributed by atoms with van der Waals surface area (Å²) in [5, 5.41) is 11.0. The van der Waals surface area contributed by atoms with Crippen LogP contribution in [0.5, 0.6) is 11.5 Å². The summed E-state index contributed by atoms with van der Waals surface area (Å²) in [4.78, 5) is 11.7. The molecule has 0 aliphatic heterocycles. The van der Waals surface area contributed by atoms with E-state index in [9.17, 15) is 4.79 Å². The zero-order valence-corrected chi connectivity index (χ0v) is 12.1. The van der Waals surface area contributed by atoms with E-state index < -0.39 is 5.97 Å². The van der Waals surface area contributed by atoms with E-state index in [1.54, 1.807) is 33.3 Å². The molecule has 0 fully saturated rings. The second-order valence-corrected chi connectivity index (χ2v) is 4.07. The molecule has 0 unspecified atom stereocenters. The fraction of sp³-hybridized carbons (Fsp3) is 0.385. The number of carbonyl (C=O) groups excluding carboxylic acids is 1. The van der Waals surface area contributed by atoms with E-state index in [1.165, 1.54) is 4.68 Å². The number of ether oxygens (including phenoxy) is 3. The van der Waals surface area contributed by atoms with Crippen molar-refractivity contribution >= 4 is 5.97 Å². The lowest BCUT2D eigenvalue weighted by molar-refractivity contribution is 0.0505. The van der Waals surface area contributed by atoms with Crippen LogP contribution in [0, 0.1) is 0 Å². The molecule has 0 saturated carbocycles. The van der Waals surface area contributed by atoms with E-state index in [0.29, 0.717) is 18.0 Å². The van der Waals surface area contributed by atoms with Gasteiger partial charge in [0.05, 0.1) is 27.4 Å². The van der Waals surface area contributed by atoms with Crippen LogP contribution in [-0.2, 0) is 11.3 Å². The maximum absolute atomic E-state index is 11.7. The van der Waals surface area contributed by atoms with Gasteiger partial charge in [0.1, 0.15) is 0 Å². The van der Waals surface area contributed by atoms with Crippen molar-refractivity contribution in [3.63, 3.8) is 0 Å². The van der Waals surface area contributed by atoms with Crippen molar-refractivity contribution < 1.29 is 19.0 Å². The topological polar surface area (TPSA) is 88.4 Å². The average molecular weight is 292 g/mol. The van der Waals surface area contributed by atoms with Gasteiger partial charge in [0, 0.05) is 0 Å². The van der Waals surface area contributed by atoms with Gasteiger partial charge in [0.2, 0.25) is 0 Å². The summed E-state index contributed by atoms with van der Waals surface area (Å²) in [5.74, 6) is 0.735. The molecule has 8 heteroatoms. The van der Waals surface area contributed by atoms with E-state index in [-0.39, 0.29) is 12.4 Å². The molecule has 0 N–H and O–H groups in total. The Labute approximate surface area is 121 Å². The Hall–Kier alpha value is -2.64. The lowest BCUT2D eigenvalue weighted by atomic mass is 10.2. The van der Waals surface area contributed by atoms with Crippen LogP contribution in [0.2, 0.25) is 0 Å². The van der Waals surface area contributed by atoms with Crippen molar-refractivity contribution in [2.75, 3.05) is 20.8 Å². The van der Waals surface area contributed by atoms with Gasteiger partial charge in [-0.1, -0.05) is 6.07 Å². The van der Waals surface area contributed by atoms with Crippen molar-refractivity contribution in [1.82, 2.24) is 20.2 Å². The number of aromatic nitrogens is 4. The van der Waals surface area contributed by atoms with Gasteiger partial charge in [-0.2, -0.15) is 0 Å². The van der Waals surface area contributed by atoms with Gasteiger partial charge in [0.15, 0.2) is 11.5 Å². The number of nitrogens with zero attached hydrogens (tertiary/aromatic N) is 4. The first-order valence-corrected chi connectivity index (χ1v) is 6.33. The smallest absolute Gasteiger partial charge is 0.378 e. The zero-order chi connectivity index (χ0) is 15.2. The fourth-order valence-electron chi connectivity index (χ4n) is 1.80. The second-order valence-electron chi connectivity index (χ2n) is 4.07. The van der Waals surface area contributed by atoms with Crippen LogP contribution >= 0.6 is 0 Å². The van der Waals surface area contributed by atoms with Crippen molar-refractivity contribution in [2.24, 2.45) is 0 Å². The van der Waals surface area contributed by atoms with Crippen molar-refractivity contribution in [1.29, 1.82) is 0 Å². The standard InChI is InChI=1S/C13H16N4O4/c1-4-21-13(18)12-14-15-16-17(12)8-9-5-6-10(19-2)11(7-9)20-3/h5-7H,4,8H2,1-3H3. The zero-order valence-electron chi connectivity index (χ0n) is 12.1. The molecule has 0 amide bonds. The molecule has 1 aromatic carbocycles. The molecule has 0 bridgehead atoms. The summed E-state index contributed by atoms with van der Waals surface area (Å²) in [6, 6.07) is 5.43. The fourth-order valence-corrected chi connectivity index (χ4v) is 1.80. The molecule has 0 spiro atoms. The molecular formula is C13H16N4O4. The Bertz CT molecular complexity index is 626. The van der Waals surface area contributed by atoms with Gasteiger partial charge in [0.25, 0.3) is 5.82 Å². The number of methoxy groups -OCH3 is 2. The minimum absolute atomic E-state index is 0.0617. The third-order valence-electron chi connectivity index (χ3n) is 2.77. The van der Waals surface area contributed by atoms with Crippen LogP contribution in [0.4, 0.5) is 0 Å². The van der Waals surface area contributed by atoms with Gasteiger partial charge in [-0.05, 0) is 35.0 Å². The molecule has 2 aromatic rings. The quantitative estimate of drug-likeness (QED) is 0.731. The molecule has 21 heavy (non-hydrogen) atoms. The van der Waals surface area contributed by atoms with E-state index in [0.717, 1.165) is 5.56 Å². The van der Waals surface area contributed by atoms with Crippen LogP contribution in [0.3, 0.4) is 0 Å². The third-order valence-corrected chi connectivity index (χ3v) is 2.77. The van der Waals surface area contributed by atoms with Crippen molar-refractivity contribution in [3.8, 4) is 11.5 Å². The lowest BCUT2D eigenvalue weighted by Gasteiger charge is -2.10. The molecule has 0 atom stereocenters. The number of esters is 1. The lowest BCUT2D eigenvalue weighted by Crippen LogP contribution is -2.15. The van der Waals surface area contributed by atoms with E-state index in [1.807, 2.05) is 6.07 Å². The molecule has 0 aliphatic carbocycles. The first-order chi connectivity index (χ1) is 10.2. The molecule has 0 aliphatic rings. The van der Waals surface area contributed by atoms with Gasteiger partial charge in [-0.15, -0.1) is 5.10 Å². The molecule has 1 heterocycles. The third kappa shape index (κ3) is 3.28. The number of tetrazole rings is 1. The number of carbonyl (C=O) groups is 1. The van der Waals surface area contributed by atoms with E-state index in [4.69, 9.17) is 14.2 Å². The number of hydrogen-bond acceptors (Lipinski definition) is 7. The van der Waals surface area contributed by atoms with Gasteiger partial charge in [-0.3, -0.25) is 0 Å². The number of benzene rings is 1. The summed E-state index contributed by atoms with van der Waals surface area (Å²) in [6.45, 7) is 2.31. The SMILES string of the molecule is CCOC(=O)c1nnnn1Cc1ccc(OC)c(OC)c1. The molecular weight excluding hydrogens is 276 g/mol. The van der Waals surface area contributed by atoms with Crippen LogP contribution in [-0.4, -0.2) is 47.0 Å². The highest BCUT2D eigenvalue weighted by Crippen LogP contribution is 2.27. The Morgan fingerprint density at radius 1 is 1.24 bits per heavy atom. The van der Waals surface area contributed by atoms with Crippen LogP contribution in [0.15, 0.2) is 18.2 Å². The highest BCUT2D eigenvalue weighted by Gasteiger charge is 2.17. The van der Waals surface area contributed by atoms with Gasteiger partial charge >= 0.3 is 5.97 Å². The van der Waals surface area contributed by atoms with Gasteiger partial charge in [-0.25, -0.2) is 9.48 Å². The van der Waals surface area contributed by atoms with Gasteiger partial charge < -0.3 is 14.2 Å². The van der Waals surface area contributed by atoms with Crippen LogP contribution in [0.25, 0.3) is 0 Å². The maximum atomic E-state index is 11.7. The van der Waals surface area contributed by atoms with E-state index >= 15 is 0 Å². The minimum Gasteiger partial charge on any atom is -0.493 e. The second kappa shape index (κ2) is 6.69. The summed E-state index contributed by atoms with van der Waals surface area (Å²) in [7, 11) is 3.13. The first kappa shape index (κ1) is 14.8. The predicted octanol–water partition coefficient (Wildman–Crippen LogP) is 0.915. The first-order valence-electron chi connectivity index (χ1n) is 6.33. The minimum atomic E-state index is -0.553. The Morgan fingerprint density at radius 2 is 2.00 bits per heavy atom. The molecule has 0 saturated heterocycles. The Balaban J connectivity index is 2.23. The summed E-state index contributed by atoms with van der Waals surface area (Å²) in [6.07, 6.45) is 0. The normalized spacial score (nSPS) is 10.2. The number of rotatable bonds is 6. The summed E-state index contributed by atoms with van der Waals surface area (Å²) < 4.78 is 16.7. The Kier molecular flexibility index (Phi) is 4.70. The monoisotopic (exact) mass is 292 g/mol. The predicted molar refractivity (Wildman–Crippen MR) is 72.4 cm³/mol. The average Bonchev–Trinajstić information content (AvgIpc) is 2.95. The molecule has 2 rings (SSSR count). The maximum Gasteiger partial charge on any atom is 0.378 e. The van der Waals surface area contributed by atoms with E-state index in [2.05, 4.69) is 15.5 Å². The highest BCUT2D eigenvalue weighted by atomic mass is 16.5. The van der Waals surface area contributed by atoms with Crippen LogP contribution < -0.4 is 9.47 Å². The Morgan fingerprint density at radius 3 is 2.67 bits per heavy atom. The number of hydrogen-bond donors (Lipinski definition) is 0. The van der Waals surface area contributed by atoms with Crippen LogP contribution in [0.1, 0.15) is 23.1 Å². The highest BCUT2D eigenvalue weighted by molar-refractivity contribution is 5.85. The van der Waals surface area contributed by atoms with Crippen molar-refractivity contribution in [3.05, 3.63) is 29.6 Å². The largest absolute Gasteiger partial charge is 0.493 e. The molecule has 8 nitrogen and oxygen atoms in total. The molecule has 0 radical (unpaired) electrons.